The lowest BCUT2D eigenvalue weighted by molar-refractivity contribution is -0.137. The molecule has 0 saturated carbocycles. The molecule has 0 amide bonds. The Morgan fingerprint density at radius 2 is 2.00 bits per heavy atom. The van der Waals surface area contributed by atoms with Gasteiger partial charge in [-0.2, -0.15) is 13.2 Å². The second-order valence-electron chi connectivity index (χ2n) is 3.91. The molecule has 0 spiro atoms. The van der Waals surface area contributed by atoms with Crippen LogP contribution in [0.5, 0.6) is 0 Å². The Morgan fingerprint density at radius 1 is 1.32 bits per heavy atom. The Bertz CT molecular complexity index is 704. The van der Waals surface area contributed by atoms with Crippen molar-refractivity contribution in [3.05, 3.63) is 30.0 Å². The molecule has 0 bridgehead atoms. The molecule has 19 heavy (non-hydrogen) atoms. The average Bonchev–Trinajstić information content (AvgIpc) is 2.73. The number of nitrogens with one attached hydrogen (secondary N) is 2. The minimum Gasteiger partial charge on any atom is -0.361 e. The van der Waals surface area contributed by atoms with E-state index in [1.807, 2.05) is 0 Å². The molecule has 2 rings (SSSR count). The first kappa shape index (κ1) is 13.9. The quantitative estimate of drug-likeness (QED) is 0.913. The van der Waals surface area contributed by atoms with Crippen LogP contribution in [-0.4, -0.2) is 19.9 Å². The van der Waals surface area contributed by atoms with Gasteiger partial charge < -0.3 is 4.98 Å². The van der Waals surface area contributed by atoms with E-state index in [4.69, 9.17) is 0 Å². The van der Waals surface area contributed by atoms with Gasteiger partial charge in [-0.25, -0.2) is 13.1 Å². The van der Waals surface area contributed by atoms with Gasteiger partial charge in [0, 0.05) is 23.6 Å². The van der Waals surface area contributed by atoms with Crippen LogP contribution >= 0.6 is 0 Å². The summed E-state index contributed by atoms with van der Waals surface area (Å²) in [7, 11) is -3.96. The molecule has 4 nitrogen and oxygen atoms in total. The monoisotopic (exact) mass is 292 g/mol. The molecule has 0 radical (unpaired) electrons. The summed E-state index contributed by atoms with van der Waals surface area (Å²) in [6.45, 7) is 1.66. The van der Waals surface area contributed by atoms with Gasteiger partial charge in [-0.1, -0.05) is 6.92 Å². The minimum atomic E-state index is -4.60. The lowest BCUT2D eigenvalue weighted by atomic mass is 10.1. The number of benzene rings is 1. The van der Waals surface area contributed by atoms with Crippen LogP contribution < -0.4 is 4.72 Å². The fourth-order valence-electron chi connectivity index (χ4n) is 1.79. The standard InChI is InChI=1S/C11H11F3N2O2S/c1-2-16-19(17,18)10-6-7(11(12,13)14)5-9-8(10)3-4-15-9/h3-6,15-16H,2H2,1H3. The van der Waals surface area contributed by atoms with Crippen LogP contribution in [0.1, 0.15) is 12.5 Å². The van der Waals surface area contributed by atoms with E-state index in [1.54, 1.807) is 6.92 Å². The van der Waals surface area contributed by atoms with Gasteiger partial charge in [-0.15, -0.1) is 0 Å². The molecule has 2 N–H and O–H groups in total. The van der Waals surface area contributed by atoms with E-state index in [-0.39, 0.29) is 22.3 Å². The zero-order valence-electron chi connectivity index (χ0n) is 9.88. The molecule has 0 atom stereocenters. The summed E-state index contributed by atoms with van der Waals surface area (Å²) in [5.74, 6) is 0. The first-order valence-electron chi connectivity index (χ1n) is 5.43. The van der Waals surface area contributed by atoms with Gasteiger partial charge in [0.25, 0.3) is 0 Å². The van der Waals surface area contributed by atoms with Crippen molar-refractivity contribution in [2.45, 2.75) is 18.0 Å². The Labute approximate surface area is 107 Å². The van der Waals surface area contributed by atoms with Crippen LogP contribution in [0.2, 0.25) is 0 Å². The number of H-pyrrole nitrogens is 1. The van der Waals surface area contributed by atoms with Crippen molar-refractivity contribution in [3.63, 3.8) is 0 Å². The molecule has 2 aromatic rings. The number of hydrogen-bond donors (Lipinski definition) is 2. The zero-order chi connectivity index (χ0) is 14.3. The second-order valence-corrected chi connectivity index (χ2v) is 5.65. The lowest BCUT2D eigenvalue weighted by Crippen LogP contribution is -2.23. The van der Waals surface area contributed by atoms with E-state index in [0.717, 1.165) is 6.07 Å². The number of aromatic nitrogens is 1. The van der Waals surface area contributed by atoms with Crippen molar-refractivity contribution in [3.8, 4) is 0 Å². The Kier molecular flexibility index (Phi) is 3.31. The summed E-state index contributed by atoms with van der Waals surface area (Å²) in [6.07, 6.45) is -3.20. The first-order chi connectivity index (χ1) is 8.75. The van der Waals surface area contributed by atoms with Crippen molar-refractivity contribution in [1.82, 2.24) is 9.71 Å². The van der Waals surface area contributed by atoms with Gasteiger partial charge in [0.15, 0.2) is 0 Å². The number of sulfonamides is 1. The summed E-state index contributed by atoms with van der Waals surface area (Å²) >= 11 is 0. The molecule has 0 aliphatic rings. The van der Waals surface area contributed by atoms with E-state index < -0.39 is 21.8 Å². The van der Waals surface area contributed by atoms with Crippen molar-refractivity contribution < 1.29 is 21.6 Å². The smallest absolute Gasteiger partial charge is 0.361 e. The molecule has 0 saturated heterocycles. The summed E-state index contributed by atoms with van der Waals surface area (Å²) in [5, 5.41) is 0.231. The van der Waals surface area contributed by atoms with Gasteiger partial charge in [0.1, 0.15) is 0 Å². The maximum atomic E-state index is 12.7. The Hall–Kier alpha value is -1.54. The summed E-state index contributed by atoms with van der Waals surface area (Å²) in [4.78, 5) is 2.22. The molecule has 1 aromatic carbocycles. The van der Waals surface area contributed by atoms with Gasteiger partial charge in [-0.05, 0) is 18.2 Å². The number of aromatic amines is 1. The number of rotatable bonds is 3. The molecule has 1 heterocycles. The van der Waals surface area contributed by atoms with Crippen molar-refractivity contribution in [2.24, 2.45) is 0 Å². The van der Waals surface area contributed by atoms with Crippen LogP contribution in [0.4, 0.5) is 13.2 Å². The highest BCUT2D eigenvalue weighted by Gasteiger charge is 2.33. The summed E-state index contributed by atoms with van der Waals surface area (Å²) in [6, 6.07) is 2.97. The molecule has 0 aliphatic heterocycles. The number of fused-ring (bicyclic) bond motifs is 1. The van der Waals surface area contributed by atoms with Gasteiger partial charge >= 0.3 is 6.18 Å². The van der Waals surface area contributed by atoms with Crippen LogP contribution in [0.25, 0.3) is 10.9 Å². The van der Waals surface area contributed by atoms with E-state index in [2.05, 4.69) is 9.71 Å². The largest absolute Gasteiger partial charge is 0.416 e. The average molecular weight is 292 g/mol. The summed E-state index contributed by atoms with van der Waals surface area (Å²) < 4.78 is 64.3. The van der Waals surface area contributed by atoms with E-state index in [1.165, 1.54) is 12.3 Å². The molecule has 0 fully saturated rings. The highest BCUT2D eigenvalue weighted by atomic mass is 32.2. The molecule has 1 aromatic heterocycles. The maximum absolute atomic E-state index is 12.7. The molecule has 104 valence electrons. The fourth-order valence-corrected chi connectivity index (χ4v) is 3.07. The number of halogens is 3. The Morgan fingerprint density at radius 3 is 2.58 bits per heavy atom. The molecular weight excluding hydrogens is 281 g/mol. The van der Waals surface area contributed by atoms with Crippen LogP contribution in [0.3, 0.4) is 0 Å². The SMILES string of the molecule is CCNS(=O)(=O)c1cc(C(F)(F)F)cc2[nH]ccc12. The highest BCUT2D eigenvalue weighted by Crippen LogP contribution is 2.34. The maximum Gasteiger partial charge on any atom is 0.416 e. The van der Waals surface area contributed by atoms with E-state index >= 15 is 0 Å². The molecule has 8 heteroatoms. The third kappa shape index (κ3) is 2.59. The molecule has 0 aliphatic carbocycles. The van der Waals surface area contributed by atoms with Crippen LogP contribution in [0.15, 0.2) is 29.3 Å². The number of hydrogen-bond acceptors (Lipinski definition) is 2. The van der Waals surface area contributed by atoms with Gasteiger partial charge in [0.05, 0.1) is 10.5 Å². The highest BCUT2D eigenvalue weighted by molar-refractivity contribution is 7.89. The summed E-state index contributed by atoms with van der Waals surface area (Å²) in [5.41, 5.74) is -0.870. The third-order valence-corrected chi connectivity index (χ3v) is 4.17. The molecular formula is C11H11F3N2O2S. The van der Waals surface area contributed by atoms with Crippen molar-refractivity contribution in [1.29, 1.82) is 0 Å². The van der Waals surface area contributed by atoms with E-state index in [0.29, 0.717) is 6.07 Å². The fraction of sp³-hybridized carbons (Fsp3) is 0.273. The topological polar surface area (TPSA) is 62.0 Å². The van der Waals surface area contributed by atoms with Crippen molar-refractivity contribution in [2.75, 3.05) is 6.54 Å². The minimum absolute atomic E-state index is 0.102. The van der Waals surface area contributed by atoms with Crippen molar-refractivity contribution >= 4 is 20.9 Å². The number of alkyl halides is 3. The zero-order valence-corrected chi connectivity index (χ0v) is 10.7. The predicted octanol–water partition coefficient (Wildman–Crippen LogP) is 2.48. The van der Waals surface area contributed by atoms with E-state index in [9.17, 15) is 21.6 Å². The second kappa shape index (κ2) is 4.53. The van der Waals surface area contributed by atoms with Gasteiger partial charge in [-0.3, -0.25) is 0 Å². The molecule has 0 unspecified atom stereocenters. The van der Waals surface area contributed by atoms with Crippen LogP contribution in [0, 0.1) is 0 Å². The Balaban J connectivity index is 2.75. The first-order valence-corrected chi connectivity index (χ1v) is 6.92. The predicted molar refractivity (Wildman–Crippen MR) is 64.2 cm³/mol. The lowest BCUT2D eigenvalue weighted by Gasteiger charge is -2.11. The normalized spacial score (nSPS) is 13.1. The van der Waals surface area contributed by atoms with Crippen LogP contribution in [-0.2, 0) is 16.2 Å². The third-order valence-electron chi connectivity index (χ3n) is 2.58. The van der Waals surface area contributed by atoms with Gasteiger partial charge in [0.2, 0.25) is 10.0 Å².